The van der Waals surface area contributed by atoms with Gasteiger partial charge in [-0.05, 0) is 23.8 Å². The van der Waals surface area contributed by atoms with Crippen LogP contribution in [0.3, 0.4) is 0 Å². The lowest BCUT2D eigenvalue weighted by Crippen LogP contribution is -2.01. The Morgan fingerprint density at radius 2 is 2.00 bits per heavy atom. The summed E-state index contributed by atoms with van der Waals surface area (Å²) < 4.78 is 9.95. The lowest BCUT2D eigenvalue weighted by atomic mass is 10.2. The summed E-state index contributed by atoms with van der Waals surface area (Å²) in [4.78, 5) is 10.8. The second-order valence-corrected chi connectivity index (χ2v) is 3.21. The van der Waals surface area contributed by atoms with Crippen molar-refractivity contribution >= 4 is 12.0 Å². The van der Waals surface area contributed by atoms with Crippen molar-refractivity contribution in [2.24, 2.45) is 0 Å². The van der Waals surface area contributed by atoms with Gasteiger partial charge in [0.1, 0.15) is 12.4 Å². The molecule has 0 saturated heterocycles. The normalized spacial score (nSPS) is 10.4. The summed E-state index contributed by atoms with van der Waals surface area (Å²) in [6.45, 7) is 2.09. The molecule has 3 heteroatoms. The molecule has 0 atom stereocenters. The van der Waals surface area contributed by atoms with Gasteiger partial charge in [0.25, 0.3) is 0 Å². The largest absolute Gasteiger partial charge is 0.497 e. The summed E-state index contributed by atoms with van der Waals surface area (Å²) in [5, 5.41) is 0. The van der Waals surface area contributed by atoms with Crippen molar-refractivity contribution in [1.29, 1.82) is 0 Å². The van der Waals surface area contributed by atoms with Crippen LogP contribution in [0.4, 0.5) is 0 Å². The SMILES string of the molecule is CCC(=O)OC/C=C/c1ccc(OC)cc1. The average Bonchev–Trinajstić information content (AvgIpc) is 2.35. The smallest absolute Gasteiger partial charge is 0.305 e. The topological polar surface area (TPSA) is 35.5 Å². The van der Waals surface area contributed by atoms with Crippen LogP contribution in [0.15, 0.2) is 30.3 Å². The van der Waals surface area contributed by atoms with Crippen molar-refractivity contribution in [2.75, 3.05) is 13.7 Å². The van der Waals surface area contributed by atoms with Crippen molar-refractivity contribution in [3.63, 3.8) is 0 Å². The van der Waals surface area contributed by atoms with Gasteiger partial charge in [-0.25, -0.2) is 0 Å². The molecule has 0 bridgehead atoms. The van der Waals surface area contributed by atoms with E-state index in [-0.39, 0.29) is 5.97 Å². The van der Waals surface area contributed by atoms with E-state index >= 15 is 0 Å². The number of hydrogen-bond acceptors (Lipinski definition) is 3. The molecule has 0 radical (unpaired) electrons. The Bertz CT molecular complexity index is 352. The number of carbonyl (C=O) groups is 1. The van der Waals surface area contributed by atoms with Gasteiger partial charge >= 0.3 is 5.97 Å². The standard InChI is InChI=1S/C13H16O3/c1-3-13(14)16-10-4-5-11-6-8-12(15-2)9-7-11/h4-9H,3,10H2,1-2H3/b5-4+. The summed E-state index contributed by atoms with van der Waals surface area (Å²) >= 11 is 0. The summed E-state index contributed by atoms with van der Waals surface area (Å²) in [5.74, 6) is 0.647. The van der Waals surface area contributed by atoms with E-state index in [1.54, 1.807) is 14.0 Å². The molecule has 0 fully saturated rings. The van der Waals surface area contributed by atoms with E-state index in [0.29, 0.717) is 13.0 Å². The van der Waals surface area contributed by atoms with Crippen LogP contribution < -0.4 is 4.74 Å². The number of ether oxygens (including phenoxy) is 2. The molecular formula is C13H16O3. The fourth-order valence-electron chi connectivity index (χ4n) is 1.14. The Hall–Kier alpha value is -1.77. The third-order valence-corrected chi connectivity index (χ3v) is 2.06. The molecule has 1 aromatic carbocycles. The van der Waals surface area contributed by atoms with Crippen molar-refractivity contribution in [3.8, 4) is 5.75 Å². The maximum atomic E-state index is 10.8. The van der Waals surface area contributed by atoms with Gasteiger partial charge in [0, 0.05) is 6.42 Å². The molecule has 1 rings (SSSR count). The molecule has 0 unspecified atom stereocenters. The molecule has 16 heavy (non-hydrogen) atoms. The molecule has 0 aromatic heterocycles. The van der Waals surface area contributed by atoms with Crippen LogP contribution in [0.5, 0.6) is 5.75 Å². The zero-order chi connectivity index (χ0) is 11.8. The fourth-order valence-corrected chi connectivity index (χ4v) is 1.14. The number of benzene rings is 1. The van der Waals surface area contributed by atoms with Crippen molar-refractivity contribution < 1.29 is 14.3 Å². The van der Waals surface area contributed by atoms with Gasteiger partial charge in [0.15, 0.2) is 0 Å². The predicted molar refractivity (Wildman–Crippen MR) is 63.3 cm³/mol. The number of esters is 1. The monoisotopic (exact) mass is 220 g/mol. The van der Waals surface area contributed by atoms with Crippen molar-refractivity contribution in [3.05, 3.63) is 35.9 Å². The molecule has 0 spiro atoms. The zero-order valence-corrected chi connectivity index (χ0v) is 9.60. The molecule has 86 valence electrons. The van der Waals surface area contributed by atoms with Gasteiger partial charge in [0.05, 0.1) is 7.11 Å². The van der Waals surface area contributed by atoms with E-state index < -0.39 is 0 Å². The first-order valence-corrected chi connectivity index (χ1v) is 5.22. The van der Waals surface area contributed by atoms with E-state index in [0.717, 1.165) is 11.3 Å². The van der Waals surface area contributed by atoms with Crippen LogP contribution in [0.1, 0.15) is 18.9 Å². The van der Waals surface area contributed by atoms with E-state index in [9.17, 15) is 4.79 Å². The van der Waals surface area contributed by atoms with E-state index in [4.69, 9.17) is 9.47 Å². The minimum atomic E-state index is -0.181. The van der Waals surface area contributed by atoms with Crippen molar-refractivity contribution in [1.82, 2.24) is 0 Å². The third kappa shape index (κ3) is 4.17. The molecule has 0 aliphatic carbocycles. The third-order valence-electron chi connectivity index (χ3n) is 2.06. The minimum Gasteiger partial charge on any atom is -0.497 e. The Morgan fingerprint density at radius 3 is 2.56 bits per heavy atom. The lowest BCUT2D eigenvalue weighted by Gasteiger charge is -2.00. The minimum absolute atomic E-state index is 0.181. The summed E-state index contributed by atoms with van der Waals surface area (Å²) in [6, 6.07) is 7.66. The second-order valence-electron chi connectivity index (χ2n) is 3.21. The maximum Gasteiger partial charge on any atom is 0.305 e. The van der Waals surface area contributed by atoms with Crippen molar-refractivity contribution in [2.45, 2.75) is 13.3 Å². The quantitative estimate of drug-likeness (QED) is 0.716. The average molecular weight is 220 g/mol. The van der Waals surface area contributed by atoms with E-state index in [2.05, 4.69) is 0 Å². The van der Waals surface area contributed by atoms with Gasteiger partial charge < -0.3 is 9.47 Å². The Labute approximate surface area is 95.7 Å². The predicted octanol–water partition coefficient (Wildman–Crippen LogP) is 2.66. The summed E-state index contributed by atoms with van der Waals surface area (Å²) in [7, 11) is 1.63. The summed E-state index contributed by atoms with van der Waals surface area (Å²) in [6.07, 6.45) is 4.13. The fraction of sp³-hybridized carbons (Fsp3) is 0.308. The van der Waals surface area contributed by atoms with Gasteiger partial charge in [-0.1, -0.05) is 25.1 Å². The van der Waals surface area contributed by atoms with Gasteiger partial charge in [0.2, 0.25) is 0 Å². The van der Waals surface area contributed by atoms with Crippen LogP contribution in [-0.4, -0.2) is 19.7 Å². The highest BCUT2D eigenvalue weighted by molar-refractivity contribution is 5.69. The molecule has 0 aliphatic rings. The lowest BCUT2D eigenvalue weighted by molar-refractivity contribution is -0.141. The molecule has 0 saturated carbocycles. The number of carbonyl (C=O) groups excluding carboxylic acids is 1. The molecular weight excluding hydrogens is 204 g/mol. The number of methoxy groups -OCH3 is 1. The van der Waals surface area contributed by atoms with Gasteiger partial charge in [-0.2, -0.15) is 0 Å². The zero-order valence-electron chi connectivity index (χ0n) is 9.60. The summed E-state index contributed by atoms with van der Waals surface area (Å²) in [5.41, 5.74) is 1.05. The Kier molecular flexibility index (Phi) is 5.12. The van der Waals surface area contributed by atoms with E-state index in [1.807, 2.05) is 36.4 Å². The number of rotatable bonds is 5. The Balaban J connectivity index is 2.40. The number of hydrogen-bond donors (Lipinski definition) is 0. The van der Waals surface area contributed by atoms with Crippen LogP contribution >= 0.6 is 0 Å². The second kappa shape index (κ2) is 6.67. The van der Waals surface area contributed by atoms with Crippen LogP contribution in [0.2, 0.25) is 0 Å². The van der Waals surface area contributed by atoms with Crippen LogP contribution in [-0.2, 0) is 9.53 Å². The molecule has 3 nitrogen and oxygen atoms in total. The molecule has 0 N–H and O–H groups in total. The first-order chi connectivity index (χ1) is 7.76. The Morgan fingerprint density at radius 1 is 1.31 bits per heavy atom. The first-order valence-electron chi connectivity index (χ1n) is 5.22. The van der Waals surface area contributed by atoms with E-state index in [1.165, 1.54) is 0 Å². The maximum absolute atomic E-state index is 10.8. The highest BCUT2D eigenvalue weighted by Gasteiger charge is 1.94. The van der Waals surface area contributed by atoms with Crippen LogP contribution in [0.25, 0.3) is 6.08 Å². The molecule has 0 aliphatic heterocycles. The molecule has 1 aromatic rings. The highest BCUT2D eigenvalue weighted by atomic mass is 16.5. The van der Waals surface area contributed by atoms with Gasteiger partial charge in [-0.3, -0.25) is 4.79 Å². The molecule has 0 heterocycles. The van der Waals surface area contributed by atoms with Crippen LogP contribution in [0, 0.1) is 0 Å². The first kappa shape index (κ1) is 12.3. The molecule has 0 amide bonds. The van der Waals surface area contributed by atoms with Gasteiger partial charge in [-0.15, -0.1) is 0 Å². The highest BCUT2D eigenvalue weighted by Crippen LogP contribution is 2.12.